The van der Waals surface area contributed by atoms with Crippen LogP contribution in [0, 0.1) is 0 Å². The minimum Gasteiger partial charge on any atom is -0.463 e. The zero-order chi connectivity index (χ0) is 15.8. The fourth-order valence-electron chi connectivity index (χ4n) is 2.67. The minimum absolute atomic E-state index is 0.211. The fourth-order valence-corrected chi connectivity index (χ4v) is 2.88. The predicted molar refractivity (Wildman–Crippen MR) is 82.1 cm³/mol. The summed E-state index contributed by atoms with van der Waals surface area (Å²) in [4.78, 5) is 12.5. The molecular weight excluding hydrogens is 320 g/mol. The van der Waals surface area contributed by atoms with E-state index in [0.717, 1.165) is 5.82 Å². The maximum atomic E-state index is 12.5. The van der Waals surface area contributed by atoms with Gasteiger partial charge in [0, 0.05) is 11.9 Å². The van der Waals surface area contributed by atoms with Crippen molar-refractivity contribution in [3.8, 4) is 0 Å². The molecular formula is C15H13ClN4O3. The maximum Gasteiger partial charge on any atom is 0.252 e. The largest absolute Gasteiger partial charge is 0.463 e. The summed E-state index contributed by atoms with van der Waals surface area (Å²) in [5.74, 6) is 1.29. The van der Waals surface area contributed by atoms with Crippen molar-refractivity contribution < 1.29 is 13.9 Å². The van der Waals surface area contributed by atoms with E-state index >= 15 is 0 Å². The summed E-state index contributed by atoms with van der Waals surface area (Å²) >= 11 is 6.05. The standard InChI is InChI=1S/C15H13ClN4O3/c16-11-2-1-10(9-3-5-23-14(9)11)15(21)17-7-12-18-19-13-8-22-6-4-20(12)13/h1-3,5H,4,6-8H2,(H,17,21). The lowest BCUT2D eigenvalue weighted by Crippen LogP contribution is -2.26. The van der Waals surface area contributed by atoms with Gasteiger partial charge in [-0.05, 0) is 18.2 Å². The third-order valence-corrected chi connectivity index (χ3v) is 4.11. The molecule has 8 heteroatoms. The van der Waals surface area contributed by atoms with Crippen LogP contribution in [0.2, 0.25) is 5.02 Å². The number of hydrogen-bond acceptors (Lipinski definition) is 5. The molecule has 0 saturated heterocycles. The molecule has 0 saturated carbocycles. The van der Waals surface area contributed by atoms with E-state index in [4.69, 9.17) is 20.8 Å². The lowest BCUT2D eigenvalue weighted by molar-refractivity contribution is 0.0802. The van der Waals surface area contributed by atoms with Gasteiger partial charge in [0.25, 0.3) is 5.91 Å². The Morgan fingerprint density at radius 1 is 1.35 bits per heavy atom. The summed E-state index contributed by atoms with van der Waals surface area (Å²) in [6, 6.07) is 5.06. The fraction of sp³-hybridized carbons (Fsp3) is 0.267. The summed E-state index contributed by atoms with van der Waals surface area (Å²) in [7, 11) is 0. The van der Waals surface area contributed by atoms with Crippen molar-refractivity contribution in [1.29, 1.82) is 0 Å². The summed E-state index contributed by atoms with van der Waals surface area (Å²) in [5, 5.41) is 12.2. The summed E-state index contributed by atoms with van der Waals surface area (Å²) in [6.07, 6.45) is 1.52. The van der Waals surface area contributed by atoms with Gasteiger partial charge in [-0.1, -0.05) is 11.6 Å². The van der Waals surface area contributed by atoms with Crippen molar-refractivity contribution in [2.24, 2.45) is 0 Å². The summed E-state index contributed by atoms with van der Waals surface area (Å²) in [5.41, 5.74) is 1.02. The Morgan fingerprint density at radius 3 is 3.17 bits per heavy atom. The number of halogens is 1. The van der Waals surface area contributed by atoms with Gasteiger partial charge >= 0.3 is 0 Å². The first-order chi connectivity index (χ1) is 11.2. The second-order valence-electron chi connectivity index (χ2n) is 5.18. The third kappa shape index (κ3) is 2.47. The van der Waals surface area contributed by atoms with Crippen molar-refractivity contribution in [2.75, 3.05) is 6.61 Å². The minimum atomic E-state index is -0.211. The van der Waals surface area contributed by atoms with Crippen LogP contribution in [-0.4, -0.2) is 27.3 Å². The Labute approximate surface area is 136 Å². The van der Waals surface area contributed by atoms with Gasteiger partial charge in [0.15, 0.2) is 17.2 Å². The molecule has 1 aromatic carbocycles. The van der Waals surface area contributed by atoms with Crippen molar-refractivity contribution in [1.82, 2.24) is 20.1 Å². The molecule has 1 amide bonds. The summed E-state index contributed by atoms with van der Waals surface area (Å²) in [6.45, 7) is 2.07. The number of nitrogens with zero attached hydrogens (tertiary/aromatic N) is 3. The molecule has 1 aliphatic rings. The predicted octanol–water partition coefficient (Wildman–Crippen LogP) is 2.14. The molecule has 0 bridgehead atoms. The number of carbonyl (C=O) groups excluding carboxylic acids is 1. The number of rotatable bonds is 3. The number of hydrogen-bond donors (Lipinski definition) is 1. The number of furan rings is 1. The lowest BCUT2D eigenvalue weighted by atomic mass is 10.1. The van der Waals surface area contributed by atoms with Crippen molar-refractivity contribution in [3.63, 3.8) is 0 Å². The van der Waals surface area contributed by atoms with E-state index in [-0.39, 0.29) is 5.91 Å². The number of nitrogens with one attached hydrogen (secondary N) is 1. The van der Waals surface area contributed by atoms with Gasteiger partial charge in [-0.25, -0.2) is 0 Å². The van der Waals surface area contributed by atoms with Crippen LogP contribution < -0.4 is 5.32 Å². The van der Waals surface area contributed by atoms with Gasteiger partial charge in [0.2, 0.25) is 0 Å². The second kappa shape index (κ2) is 5.68. The zero-order valence-corrected chi connectivity index (χ0v) is 12.8. The highest BCUT2D eigenvalue weighted by Gasteiger charge is 2.18. The first kappa shape index (κ1) is 14.2. The Balaban J connectivity index is 1.55. The molecule has 0 radical (unpaired) electrons. The van der Waals surface area contributed by atoms with Crippen LogP contribution in [0.3, 0.4) is 0 Å². The quantitative estimate of drug-likeness (QED) is 0.794. The molecule has 1 aliphatic heterocycles. The van der Waals surface area contributed by atoms with E-state index in [1.165, 1.54) is 6.26 Å². The Bertz CT molecular complexity index is 886. The lowest BCUT2D eigenvalue weighted by Gasteiger charge is -2.15. The molecule has 4 rings (SSSR count). The molecule has 1 N–H and O–H groups in total. The third-order valence-electron chi connectivity index (χ3n) is 3.81. The van der Waals surface area contributed by atoms with E-state index in [9.17, 15) is 4.79 Å². The Kier molecular flexibility index (Phi) is 3.51. The average molecular weight is 333 g/mol. The van der Waals surface area contributed by atoms with Crippen LogP contribution in [0.5, 0.6) is 0 Å². The molecule has 23 heavy (non-hydrogen) atoms. The Hall–Kier alpha value is -2.38. The van der Waals surface area contributed by atoms with Crippen molar-refractivity contribution >= 4 is 28.5 Å². The number of carbonyl (C=O) groups is 1. The monoisotopic (exact) mass is 332 g/mol. The molecule has 0 spiro atoms. The smallest absolute Gasteiger partial charge is 0.252 e. The second-order valence-corrected chi connectivity index (χ2v) is 5.58. The maximum absolute atomic E-state index is 12.5. The van der Waals surface area contributed by atoms with Gasteiger partial charge in [0.05, 0.1) is 30.0 Å². The van der Waals surface area contributed by atoms with E-state index in [2.05, 4.69) is 15.5 Å². The summed E-state index contributed by atoms with van der Waals surface area (Å²) < 4.78 is 12.6. The van der Waals surface area contributed by atoms with E-state index in [0.29, 0.717) is 53.7 Å². The van der Waals surface area contributed by atoms with Crippen LogP contribution in [0.1, 0.15) is 22.0 Å². The molecule has 0 fully saturated rings. The van der Waals surface area contributed by atoms with E-state index in [1.807, 2.05) is 4.57 Å². The van der Waals surface area contributed by atoms with Crippen LogP contribution in [-0.2, 0) is 24.4 Å². The molecule has 2 aromatic heterocycles. The highest BCUT2D eigenvalue weighted by molar-refractivity contribution is 6.35. The normalized spacial score (nSPS) is 14.0. The van der Waals surface area contributed by atoms with Crippen LogP contribution in [0.4, 0.5) is 0 Å². The number of benzene rings is 1. The van der Waals surface area contributed by atoms with Gasteiger partial charge in [0.1, 0.15) is 6.61 Å². The molecule has 7 nitrogen and oxygen atoms in total. The van der Waals surface area contributed by atoms with Crippen molar-refractivity contribution in [2.45, 2.75) is 19.7 Å². The Morgan fingerprint density at radius 2 is 2.26 bits per heavy atom. The van der Waals surface area contributed by atoms with Gasteiger partial charge in [-0.2, -0.15) is 0 Å². The molecule has 3 aromatic rings. The van der Waals surface area contributed by atoms with Crippen LogP contribution in [0.25, 0.3) is 11.0 Å². The molecule has 0 aliphatic carbocycles. The van der Waals surface area contributed by atoms with Crippen molar-refractivity contribution in [3.05, 3.63) is 46.7 Å². The first-order valence-corrected chi connectivity index (χ1v) is 7.54. The van der Waals surface area contributed by atoms with Crippen LogP contribution >= 0.6 is 11.6 Å². The number of fused-ring (bicyclic) bond motifs is 2. The van der Waals surface area contributed by atoms with E-state index < -0.39 is 0 Å². The average Bonchev–Trinajstić information content (AvgIpc) is 3.20. The molecule has 0 unspecified atom stereocenters. The van der Waals surface area contributed by atoms with Crippen LogP contribution in [0.15, 0.2) is 28.9 Å². The highest BCUT2D eigenvalue weighted by atomic mass is 35.5. The van der Waals surface area contributed by atoms with Gasteiger partial charge in [-0.15, -0.1) is 10.2 Å². The number of amides is 1. The highest BCUT2D eigenvalue weighted by Crippen LogP contribution is 2.27. The molecule has 3 heterocycles. The first-order valence-electron chi connectivity index (χ1n) is 7.16. The molecule has 0 atom stereocenters. The van der Waals surface area contributed by atoms with E-state index in [1.54, 1.807) is 18.2 Å². The zero-order valence-electron chi connectivity index (χ0n) is 12.1. The SMILES string of the molecule is O=C(NCc1nnc2n1CCOC2)c1ccc(Cl)c2occc12. The number of aromatic nitrogens is 3. The van der Waals surface area contributed by atoms with Gasteiger partial charge in [-0.3, -0.25) is 4.79 Å². The molecule has 118 valence electrons. The van der Waals surface area contributed by atoms with Gasteiger partial charge < -0.3 is 19.0 Å². The topological polar surface area (TPSA) is 82.2 Å². The number of ether oxygens (including phenoxy) is 1.